The number of anilines is 1. The van der Waals surface area contributed by atoms with Crippen molar-refractivity contribution >= 4 is 22.8 Å². The number of alkyl halides is 1. The van der Waals surface area contributed by atoms with Crippen LogP contribution in [0.25, 0.3) is 22.4 Å². The third kappa shape index (κ3) is 3.41. The first kappa shape index (κ1) is 18.0. The van der Waals surface area contributed by atoms with Crippen LogP contribution in [0.4, 0.5) is 14.9 Å². The number of hydrogen-bond acceptors (Lipinski definition) is 5. The fourth-order valence-corrected chi connectivity index (χ4v) is 3.92. The number of carbonyl (C=O) groups excluding carboxylic acids is 1. The number of nitrogens with zero attached hydrogens (tertiary/aromatic N) is 5. The smallest absolute Gasteiger partial charge is 0.410 e. The minimum atomic E-state index is -0.823. The Morgan fingerprint density at radius 2 is 2.03 bits per heavy atom. The van der Waals surface area contributed by atoms with Gasteiger partial charge in [0.25, 0.3) is 0 Å². The molecule has 0 spiro atoms. The van der Waals surface area contributed by atoms with E-state index in [1.54, 1.807) is 17.4 Å². The van der Waals surface area contributed by atoms with Crippen LogP contribution in [0.1, 0.15) is 12.8 Å². The number of pyridine rings is 1. The zero-order chi connectivity index (χ0) is 20.0. The Morgan fingerprint density at radius 3 is 2.72 bits per heavy atom. The first-order valence-electron chi connectivity index (χ1n) is 9.87. The molecule has 0 bridgehead atoms. The van der Waals surface area contributed by atoms with Gasteiger partial charge < -0.3 is 24.1 Å². The summed E-state index contributed by atoms with van der Waals surface area (Å²) in [6.45, 7) is 2.56. The van der Waals surface area contributed by atoms with E-state index in [0.717, 1.165) is 28.1 Å². The Labute approximate surface area is 167 Å². The second-order valence-electron chi connectivity index (χ2n) is 7.75. The molecule has 3 aromatic rings. The van der Waals surface area contributed by atoms with Crippen molar-refractivity contribution in [2.45, 2.75) is 25.1 Å². The molecule has 0 unspecified atom stereocenters. The highest BCUT2D eigenvalue weighted by Gasteiger charge is 2.34. The predicted molar refractivity (Wildman–Crippen MR) is 106 cm³/mol. The highest BCUT2D eigenvalue weighted by atomic mass is 19.1. The molecule has 0 aromatic carbocycles. The molecule has 0 atom stereocenters. The van der Waals surface area contributed by atoms with Gasteiger partial charge in [-0.2, -0.15) is 0 Å². The van der Waals surface area contributed by atoms with Crippen LogP contribution >= 0.6 is 0 Å². The van der Waals surface area contributed by atoms with Gasteiger partial charge in [-0.15, -0.1) is 0 Å². The molecule has 2 aliphatic rings. The monoisotopic (exact) mass is 398 g/mol. The largest absolute Gasteiger partial charge is 0.446 e. The van der Waals surface area contributed by atoms with Crippen molar-refractivity contribution in [1.82, 2.24) is 24.4 Å². The predicted octanol–water partition coefficient (Wildman–Crippen LogP) is 2.72. The second kappa shape index (κ2) is 7.06. The Hall–Kier alpha value is -3.10. The number of nitrogens with one attached hydrogen (secondary N) is 1. The van der Waals surface area contributed by atoms with Gasteiger partial charge in [0.1, 0.15) is 23.6 Å². The van der Waals surface area contributed by atoms with Crippen molar-refractivity contribution < 1.29 is 13.9 Å². The number of fused-ring (bicyclic) bond motifs is 1. The van der Waals surface area contributed by atoms with Crippen LogP contribution in [-0.2, 0) is 11.8 Å². The van der Waals surface area contributed by atoms with Gasteiger partial charge in [-0.1, -0.05) is 0 Å². The molecule has 0 radical (unpaired) electrons. The molecule has 29 heavy (non-hydrogen) atoms. The number of aromatic amines is 1. The molecule has 2 fully saturated rings. The fourth-order valence-electron chi connectivity index (χ4n) is 3.92. The number of aromatic nitrogens is 4. The lowest BCUT2D eigenvalue weighted by Gasteiger charge is -2.37. The van der Waals surface area contributed by atoms with Gasteiger partial charge in [-0.3, -0.25) is 0 Å². The van der Waals surface area contributed by atoms with E-state index < -0.39 is 6.17 Å². The molecule has 1 amide bonds. The second-order valence-corrected chi connectivity index (χ2v) is 7.75. The molecule has 1 saturated heterocycles. The molecule has 9 heteroatoms. The van der Waals surface area contributed by atoms with Crippen molar-refractivity contribution in [3.05, 3.63) is 30.9 Å². The van der Waals surface area contributed by atoms with E-state index in [1.807, 2.05) is 23.9 Å². The topological polar surface area (TPSA) is 79.3 Å². The minimum Gasteiger partial charge on any atom is -0.446 e. The van der Waals surface area contributed by atoms with Crippen molar-refractivity contribution in [2.75, 3.05) is 31.1 Å². The number of halogens is 1. The van der Waals surface area contributed by atoms with Crippen molar-refractivity contribution in [2.24, 2.45) is 7.05 Å². The van der Waals surface area contributed by atoms with Gasteiger partial charge in [0.2, 0.25) is 0 Å². The number of rotatable bonds is 3. The quantitative estimate of drug-likeness (QED) is 0.734. The number of ether oxygens (including phenoxy) is 1. The number of piperazine rings is 1. The zero-order valence-corrected chi connectivity index (χ0v) is 16.2. The van der Waals surface area contributed by atoms with E-state index in [4.69, 9.17) is 4.74 Å². The van der Waals surface area contributed by atoms with Crippen LogP contribution in [0, 0.1) is 0 Å². The SMILES string of the molecule is Cn1cnc(-c2cc3c(N4CCN(C(=O)O[C@H]5C[C@@H](F)C5)CC4)ccnc3[nH]2)c1. The molecule has 8 nitrogen and oxygen atoms in total. The average molecular weight is 398 g/mol. The molecule has 1 N–H and O–H groups in total. The van der Waals surface area contributed by atoms with Gasteiger partial charge in [-0.05, 0) is 12.1 Å². The van der Waals surface area contributed by atoms with Crippen LogP contribution in [-0.4, -0.2) is 69.0 Å². The summed E-state index contributed by atoms with van der Waals surface area (Å²) < 4.78 is 20.2. The third-order valence-electron chi connectivity index (χ3n) is 5.67. The summed E-state index contributed by atoms with van der Waals surface area (Å²) >= 11 is 0. The van der Waals surface area contributed by atoms with Gasteiger partial charge in [0.05, 0.1) is 12.0 Å². The van der Waals surface area contributed by atoms with Crippen molar-refractivity contribution in [3.8, 4) is 11.4 Å². The van der Waals surface area contributed by atoms with E-state index in [-0.39, 0.29) is 12.2 Å². The Balaban J connectivity index is 1.29. The minimum absolute atomic E-state index is 0.264. The molecular formula is C20H23FN6O2. The summed E-state index contributed by atoms with van der Waals surface area (Å²) in [6, 6.07) is 4.08. The maximum Gasteiger partial charge on any atom is 0.410 e. The fraction of sp³-hybridized carbons (Fsp3) is 0.450. The number of carbonyl (C=O) groups is 1. The number of aryl methyl sites for hydroxylation is 1. The van der Waals surface area contributed by atoms with Crippen molar-refractivity contribution in [3.63, 3.8) is 0 Å². The lowest BCUT2D eigenvalue weighted by atomic mass is 9.94. The van der Waals surface area contributed by atoms with Gasteiger partial charge in [-0.25, -0.2) is 19.2 Å². The molecule has 3 aromatic heterocycles. The standard InChI is InChI=1S/C20H23FN6O2/c1-25-11-17(23-12-25)16-10-15-18(2-3-22-19(15)24-16)26-4-6-27(7-5-26)20(28)29-14-8-13(21)9-14/h2-3,10-14H,4-9H2,1H3,(H,22,24)/t13-,14+. The normalized spacial score (nSPS) is 22.0. The maximum atomic E-state index is 12.9. The molecule has 4 heterocycles. The van der Waals surface area contributed by atoms with Crippen molar-refractivity contribution in [1.29, 1.82) is 0 Å². The first-order valence-corrected chi connectivity index (χ1v) is 9.87. The average Bonchev–Trinajstić information content (AvgIpc) is 3.32. The molecule has 152 valence electrons. The summed E-state index contributed by atoms with van der Waals surface area (Å²) in [5.74, 6) is 0. The number of amides is 1. The Kier molecular flexibility index (Phi) is 4.37. The van der Waals surface area contributed by atoms with Crippen LogP contribution in [0.2, 0.25) is 0 Å². The maximum absolute atomic E-state index is 12.9. The number of imidazole rings is 1. The summed E-state index contributed by atoms with van der Waals surface area (Å²) in [4.78, 5) is 28.4. The van der Waals surface area contributed by atoms with Crippen LogP contribution in [0.5, 0.6) is 0 Å². The zero-order valence-electron chi connectivity index (χ0n) is 16.2. The van der Waals surface area contributed by atoms with Crippen LogP contribution < -0.4 is 4.90 Å². The molecule has 1 saturated carbocycles. The molecular weight excluding hydrogens is 375 g/mol. The summed E-state index contributed by atoms with van der Waals surface area (Å²) in [5, 5.41) is 1.03. The highest BCUT2D eigenvalue weighted by Crippen LogP contribution is 2.31. The molecule has 1 aliphatic carbocycles. The lowest BCUT2D eigenvalue weighted by Crippen LogP contribution is -2.50. The highest BCUT2D eigenvalue weighted by molar-refractivity contribution is 5.93. The van der Waals surface area contributed by atoms with E-state index >= 15 is 0 Å². The van der Waals surface area contributed by atoms with Crippen LogP contribution in [0.3, 0.4) is 0 Å². The van der Waals surface area contributed by atoms with Gasteiger partial charge >= 0.3 is 6.09 Å². The summed E-state index contributed by atoms with van der Waals surface area (Å²) in [5.41, 5.74) is 3.70. The lowest BCUT2D eigenvalue weighted by molar-refractivity contribution is -0.0132. The van der Waals surface area contributed by atoms with Gasteiger partial charge in [0, 0.05) is 69.5 Å². The van der Waals surface area contributed by atoms with E-state index in [0.29, 0.717) is 39.0 Å². The van der Waals surface area contributed by atoms with Gasteiger partial charge in [0.15, 0.2) is 0 Å². The van der Waals surface area contributed by atoms with Crippen LogP contribution in [0.15, 0.2) is 30.9 Å². The Bertz CT molecular complexity index is 1030. The summed E-state index contributed by atoms with van der Waals surface area (Å²) in [7, 11) is 1.94. The first-order chi connectivity index (χ1) is 14.1. The number of hydrogen-bond donors (Lipinski definition) is 1. The van der Waals surface area contributed by atoms with E-state index in [2.05, 4.69) is 25.9 Å². The third-order valence-corrected chi connectivity index (χ3v) is 5.67. The Morgan fingerprint density at radius 1 is 1.24 bits per heavy atom. The van der Waals surface area contributed by atoms with E-state index in [9.17, 15) is 9.18 Å². The molecule has 1 aliphatic heterocycles. The molecule has 5 rings (SSSR count). The van der Waals surface area contributed by atoms with E-state index in [1.165, 1.54) is 0 Å². The number of H-pyrrole nitrogens is 1. The summed E-state index contributed by atoms with van der Waals surface area (Å²) in [6.07, 6.45) is 4.75.